The van der Waals surface area contributed by atoms with Gasteiger partial charge in [-0.15, -0.1) is 5.10 Å². The summed E-state index contributed by atoms with van der Waals surface area (Å²) in [6, 6.07) is 10.4. The topological polar surface area (TPSA) is 94.4 Å². The predicted molar refractivity (Wildman–Crippen MR) is 146 cm³/mol. The molecule has 4 rings (SSSR count). The second kappa shape index (κ2) is 12.7. The van der Waals surface area contributed by atoms with Gasteiger partial charge in [0.2, 0.25) is 10.0 Å². The van der Waals surface area contributed by atoms with E-state index in [1.807, 2.05) is 13.8 Å². The van der Waals surface area contributed by atoms with Crippen LogP contribution in [0.1, 0.15) is 67.5 Å². The first kappa shape index (κ1) is 30.7. The molecular formula is C29H35F3N4O4S. The van der Waals surface area contributed by atoms with Crippen LogP contribution < -0.4 is 0 Å². The fourth-order valence-corrected chi connectivity index (χ4v) is 7.07. The SMILES string of the molecule is CCOC(=O)CC(CCc1cn(CC)nn1)c1ccc(C(F)(F)F)c(CN2CC(C)Cc3ccccc3S2(=O)=O)c1. The number of benzene rings is 2. The van der Waals surface area contributed by atoms with Crippen LogP contribution >= 0.6 is 0 Å². The zero-order valence-corrected chi connectivity index (χ0v) is 24.2. The number of nitrogens with zero attached hydrogens (tertiary/aromatic N) is 4. The summed E-state index contributed by atoms with van der Waals surface area (Å²) in [5, 5.41) is 8.16. The van der Waals surface area contributed by atoms with Crippen LogP contribution in [0.4, 0.5) is 13.2 Å². The number of ether oxygens (including phenoxy) is 1. The van der Waals surface area contributed by atoms with Crippen LogP contribution in [0.2, 0.25) is 0 Å². The zero-order chi connectivity index (χ0) is 29.8. The molecule has 0 amide bonds. The number of sulfonamides is 1. The molecule has 2 unspecified atom stereocenters. The summed E-state index contributed by atoms with van der Waals surface area (Å²) in [6.07, 6.45) is -1.56. The Morgan fingerprint density at radius 3 is 2.61 bits per heavy atom. The number of halogens is 3. The number of aryl methyl sites for hydroxylation is 2. The highest BCUT2D eigenvalue weighted by Crippen LogP contribution is 2.37. The third-order valence-electron chi connectivity index (χ3n) is 7.30. The lowest BCUT2D eigenvalue weighted by atomic mass is 9.88. The molecule has 0 saturated carbocycles. The number of fused-ring (bicyclic) bond motifs is 1. The van der Waals surface area contributed by atoms with E-state index >= 15 is 0 Å². The van der Waals surface area contributed by atoms with Crippen molar-refractivity contribution >= 4 is 16.0 Å². The van der Waals surface area contributed by atoms with Crippen LogP contribution in [-0.2, 0) is 51.7 Å². The van der Waals surface area contributed by atoms with E-state index in [0.717, 1.165) is 10.4 Å². The molecule has 0 aliphatic carbocycles. The van der Waals surface area contributed by atoms with Crippen molar-refractivity contribution < 1.29 is 31.1 Å². The minimum atomic E-state index is -4.69. The van der Waals surface area contributed by atoms with Crippen LogP contribution in [0.25, 0.3) is 0 Å². The normalized spacial score (nSPS) is 18.0. The zero-order valence-electron chi connectivity index (χ0n) is 23.4. The molecule has 2 atom stereocenters. The number of aromatic nitrogens is 3. The maximum absolute atomic E-state index is 14.2. The first-order valence-corrected chi connectivity index (χ1v) is 15.2. The monoisotopic (exact) mass is 592 g/mol. The Labute approximate surface area is 238 Å². The summed E-state index contributed by atoms with van der Waals surface area (Å²) in [5.74, 6) is -1.03. The van der Waals surface area contributed by atoms with E-state index < -0.39 is 40.2 Å². The Kier molecular flexibility index (Phi) is 9.53. The van der Waals surface area contributed by atoms with Crippen LogP contribution in [0.5, 0.6) is 0 Å². The molecule has 2 aromatic carbocycles. The predicted octanol–water partition coefficient (Wildman–Crippen LogP) is 5.37. The van der Waals surface area contributed by atoms with Crippen molar-refractivity contribution in [3.05, 3.63) is 76.6 Å². The number of rotatable bonds is 10. The molecule has 0 fully saturated rings. The van der Waals surface area contributed by atoms with E-state index in [0.29, 0.717) is 42.6 Å². The standard InChI is InChI=1S/C29H35F3N4O4S/c1-4-35-19-25(33-34-35)12-10-22(16-28(37)40-5-2)21-11-13-26(29(30,31)32)24(15-21)18-36-17-20(3)14-23-8-6-7-9-27(23)41(36,38)39/h6-9,11,13,15,19-20,22H,4-5,10,12,14,16-18H2,1-3H3. The van der Waals surface area contributed by atoms with E-state index in [1.54, 1.807) is 36.0 Å². The highest BCUT2D eigenvalue weighted by molar-refractivity contribution is 7.89. The van der Waals surface area contributed by atoms with Crippen molar-refractivity contribution in [3.63, 3.8) is 0 Å². The van der Waals surface area contributed by atoms with Crippen LogP contribution in [0, 0.1) is 5.92 Å². The highest BCUT2D eigenvalue weighted by atomic mass is 32.2. The molecule has 1 aliphatic rings. The summed E-state index contributed by atoms with van der Waals surface area (Å²) in [5.41, 5.74) is 0.806. The second-order valence-electron chi connectivity index (χ2n) is 10.4. The lowest BCUT2D eigenvalue weighted by molar-refractivity contribution is -0.143. The molecule has 1 aromatic heterocycles. The highest BCUT2D eigenvalue weighted by Gasteiger charge is 2.37. The number of alkyl halides is 3. The fourth-order valence-electron chi connectivity index (χ4n) is 5.30. The molecule has 222 valence electrons. The lowest BCUT2D eigenvalue weighted by Crippen LogP contribution is -2.33. The average Bonchev–Trinajstić information content (AvgIpc) is 3.35. The van der Waals surface area contributed by atoms with Gasteiger partial charge >= 0.3 is 12.1 Å². The molecule has 0 spiro atoms. The Hall–Kier alpha value is -3.25. The van der Waals surface area contributed by atoms with Crippen molar-refractivity contribution in [2.75, 3.05) is 13.2 Å². The van der Waals surface area contributed by atoms with Gasteiger partial charge in [0.05, 0.1) is 29.2 Å². The summed E-state index contributed by atoms with van der Waals surface area (Å²) >= 11 is 0. The number of esters is 1. The van der Waals surface area contributed by atoms with Crippen molar-refractivity contribution in [1.82, 2.24) is 19.3 Å². The molecule has 1 aliphatic heterocycles. The summed E-state index contributed by atoms with van der Waals surface area (Å²) in [4.78, 5) is 12.6. The smallest absolute Gasteiger partial charge is 0.416 e. The van der Waals surface area contributed by atoms with Crippen molar-refractivity contribution in [1.29, 1.82) is 0 Å². The molecule has 0 bridgehead atoms. The lowest BCUT2D eigenvalue weighted by Gasteiger charge is -2.25. The van der Waals surface area contributed by atoms with Gasteiger partial charge in [0.15, 0.2) is 0 Å². The Bertz CT molecular complexity index is 1470. The van der Waals surface area contributed by atoms with Crippen molar-refractivity contribution in [2.45, 2.75) is 76.5 Å². The Morgan fingerprint density at radius 1 is 1.17 bits per heavy atom. The quantitative estimate of drug-likeness (QED) is 0.294. The minimum Gasteiger partial charge on any atom is -0.466 e. The molecule has 41 heavy (non-hydrogen) atoms. The molecule has 0 N–H and O–H groups in total. The molecule has 0 saturated heterocycles. The van der Waals surface area contributed by atoms with E-state index in [2.05, 4.69) is 10.3 Å². The summed E-state index contributed by atoms with van der Waals surface area (Å²) in [7, 11) is -4.04. The van der Waals surface area contributed by atoms with Gasteiger partial charge in [0.1, 0.15) is 0 Å². The largest absolute Gasteiger partial charge is 0.466 e. The van der Waals surface area contributed by atoms with Crippen molar-refractivity contribution in [2.24, 2.45) is 5.92 Å². The van der Waals surface area contributed by atoms with Crippen molar-refractivity contribution in [3.8, 4) is 0 Å². The van der Waals surface area contributed by atoms with Gasteiger partial charge in [0.25, 0.3) is 0 Å². The number of hydrogen-bond acceptors (Lipinski definition) is 6. The number of hydrogen-bond donors (Lipinski definition) is 0. The van der Waals surface area contributed by atoms with Gasteiger partial charge in [-0.25, -0.2) is 8.42 Å². The van der Waals surface area contributed by atoms with Crippen LogP contribution in [0.3, 0.4) is 0 Å². The second-order valence-corrected chi connectivity index (χ2v) is 12.3. The molecule has 8 nitrogen and oxygen atoms in total. The first-order chi connectivity index (χ1) is 19.4. The maximum Gasteiger partial charge on any atom is 0.416 e. The minimum absolute atomic E-state index is 0.0347. The van der Waals surface area contributed by atoms with Gasteiger partial charge in [-0.3, -0.25) is 9.48 Å². The van der Waals surface area contributed by atoms with E-state index in [9.17, 15) is 26.4 Å². The summed E-state index contributed by atoms with van der Waals surface area (Å²) < 4.78 is 77.8. The Balaban J connectivity index is 1.71. The van der Waals surface area contributed by atoms with E-state index in [-0.39, 0.29) is 35.9 Å². The average molecular weight is 593 g/mol. The van der Waals surface area contributed by atoms with Crippen LogP contribution in [-0.4, -0.2) is 46.8 Å². The van der Waals surface area contributed by atoms with E-state index in [4.69, 9.17) is 4.74 Å². The first-order valence-electron chi connectivity index (χ1n) is 13.7. The number of carbonyl (C=O) groups excluding carboxylic acids is 1. The Morgan fingerprint density at radius 2 is 1.93 bits per heavy atom. The molecular weight excluding hydrogens is 557 g/mol. The van der Waals surface area contributed by atoms with Gasteiger partial charge < -0.3 is 4.74 Å². The third kappa shape index (κ3) is 7.34. The van der Waals surface area contributed by atoms with Crippen LogP contribution in [0.15, 0.2) is 53.6 Å². The maximum atomic E-state index is 14.2. The van der Waals surface area contributed by atoms with Gasteiger partial charge in [0, 0.05) is 25.8 Å². The van der Waals surface area contributed by atoms with Gasteiger partial charge in [-0.2, -0.15) is 17.5 Å². The van der Waals surface area contributed by atoms with E-state index in [1.165, 1.54) is 18.2 Å². The van der Waals surface area contributed by atoms with Gasteiger partial charge in [-0.05, 0) is 73.8 Å². The summed E-state index contributed by atoms with van der Waals surface area (Å²) in [6.45, 7) is 5.96. The van der Waals surface area contributed by atoms with Gasteiger partial charge in [-0.1, -0.05) is 42.5 Å². The fraction of sp³-hybridized carbons (Fsp3) is 0.483. The number of carbonyl (C=O) groups is 1. The molecule has 0 radical (unpaired) electrons. The molecule has 12 heteroatoms. The third-order valence-corrected chi connectivity index (χ3v) is 9.22. The molecule has 3 aromatic rings. The molecule has 2 heterocycles.